The summed E-state index contributed by atoms with van der Waals surface area (Å²) in [5.74, 6) is -0.486. The summed E-state index contributed by atoms with van der Waals surface area (Å²) in [6.07, 6.45) is 2.93. The average molecular weight is 464 g/mol. The predicted molar refractivity (Wildman–Crippen MR) is 104 cm³/mol. The second-order valence-electron chi connectivity index (χ2n) is 8.55. The van der Waals surface area contributed by atoms with Gasteiger partial charge in [0.2, 0.25) is 0 Å². The van der Waals surface area contributed by atoms with Crippen molar-refractivity contribution in [3.63, 3.8) is 0 Å². The van der Waals surface area contributed by atoms with Gasteiger partial charge >= 0.3 is 16.4 Å². The van der Waals surface area contributed by atoms with Gasteiger partial charge in [-0.05, 0) is 32.1 Å². The van der Waals surface area contributed by atoms with Crippen molar-refractivity contribution in [2.24, 2.45) is 0 Å². The topological polar surface area (TPSA) is 161 Å². The van der Waals surface area contributed by atoms with E-state index in [4.69, 9.17) is 9.39 Å². The van der Waals surface area contributed by atoms with Crippen LogP contribution in [0.2, 0.25) is 0 Å². The van der Waals surface area contributed by atoms with Gasteiger partial charge in [0.05, 0.1) is 18.8 Å². The van der Waals surface area contributed by atoms with E-state index >= 15 is 0 Å². The van der Waals surface area contributed by atoms with Crippen molar-refractivity contribution in [3.8, 4) is 0 Å². The van der Waals surface area contributed by atoms with Gasteiger partial charge in [-0.15, -0.1) is 4.28 Å². The summed E-state index contributed by atoms with van der Waals surface area (Å²) in [5, 5.41) is 13.6. The highest BCUT2D eigenvalue weighted by atomic mass is 32.3. The number of fused-ring (bicyclic) bond motifs is 2. The number of urea groups is 1. The van der Waals surface area contributed by atoms with Crippen LogP contribution in [0, 0.1) is 0 Å². The Morgan fingerprint density at radius 1 is 1.19 bits per heavy atom. The van der Waals surface area contributed by atoms with E-state index in [1.54, 1.807) is 0 Å². The maximum Gasteiger partial charge on any atom is 0.418 e. The second-order valence-corrected chi connectivity index (χ2v) is 9.55. The van der Waals surface area contributed by atoms with Gasteiger partial charge in [-0.25, -0.2) is 10.3 Å². The van der Waals surface area contributed by atoms with Crippen LogP contribution in [0.4, 0.5) is 4.79 Å². The Kier molecular flexibility index (Phi) is 6.67. The van der Waals surface area contributed by atoms with E-state index in [2.05, 4.69) is 20.0 Å². The molecule has 0 radical (unpaired) electrons. The number of rotatable bonds is 7. The summed E-state index contributed by atoms with van der Waals surface area (Å²) in [7, 11) is -4.83. The number of amides is 3. The van der Waals surface area contributed by atoms with Gasteiger partial charge in [0.25, 0.3) is 5.91 Å². The minimum Gasteiger partial charge on any atom is -0.393 e. The minimum absolute atomic E-state index is 0.0833. The van der Waals surface area contributed by atoms with Gasteiger partial charge in [-0.1, -0.05) is 0 Å². The lowest BCUT2D eigenvalue weighted by atomic mass is 10.0. The fourth-order valence-electron chi connectivity index (χ4n) is 4.84. The summed E-state index contributed by atoms with van der Waals surface area (Å²) in [6, 6.07) is -1.67. The number of hydrogen-bond acceptors (Lipinski definition) is 9. The number of nitrogens with zero attached hydrogens (tertiary/aromatic N) is 3. The van der Waals surface area contributed by atoms with Crippen LogP contribution >= 0.6 is 0 Å². The normalized spacial score (nSPS) is 32.6. The van der Waals surface area contributed by atoms with E-state index < -0.39 is 34.4 Å². The number of nitrogens with one attached hydrogen (secondary N) is 2. The van der Waals surface area contributed by atoms with E-state index in [1.165, 1.54) is 4.90 Å². The first-order valence-electron chi connectivity index (χ1n) is 10.6. The molecule has 0 aromatic heterocycles. The summed E-state index contributed by atoms with van der Waals surface area (Å²) in [5.41, 5.74) is 2.40. The molecule has 14 heteroatoms. The SMILES string of the molecule is O=C(NOC[C@@H]1C[C@H](N2CCC(O)CC2)CN1)C1CCC2CN1C(=O)N2OS(=O)(=O)O. The molecule has 4 atom stereocenters. The second kappa shape index (κ2) is 9.13. The Hall–Kier alpha value is -1.55. The summed E-state index contributed by atoms with van der Waals surface area (Å²) >= 11 is 0. The summed E-state index contributed by atoms with van der Waals surface area (Å²) in [6.45, 7) is 2.99. The molecule has 0 spiro atoms. The first-order chi connectivity index (χ1) is 14.7. The van der Waals surface area contributed by atoms with Crippen LogP contribution in [-0.2, 0) is 24.3 Å². The number of carbonyl (C=O) groups is 2. The van der Waals surface area contributed by atoms with Gasteiger partial charge in [0, 0.05) is 38.3 Å². The maximum atomic E-state index is 12.5. The third-order valence-electron chi connectivity index (χ3n) is 6.47. The van der Waals surface area contributed by atoms with Crippen molar-refractivity contribution in [2.75, 3.05) is 32.8 Å². The summed E-state index contributed by atoms with van der Waals surface area (Å²) in [4.78, 5) is 33.9. The quantitative estimate of drug-likeness (QED) is 0.251. The highest BCUT2D eigenvalue weighted by Gasteiger charge is 2.49. The summed E-state index contributed by atoms with van der Waals surface area (Å²) < 4.78 is 35.1. The van der Waals surface area contributed by atoms with Crippen molar-refractivity contribution in [2.45, 2.75) is 62.4 Å². The van der Waals surface area contributed by atoms with Crippen molar-refractivity contribution in [3.05, 3.63) is 0 Å². The standard InChI is InChI=1S/C17H29N5O8S/c23-14-3-5-20(6-4-14)13-7-11(18-8-13)10-29-19-16(24)15-2-1-12-9-21(15)17(25)22(12)30-31(26,27)28/h11-15,18,23H,1-10H2,(H,19,24)(H,26,27,28)/t11-,12?,13-,15?/m0/s1. The molecule has 4 fully saturated rings. The highest BCUT2D eigenvalue weighted by Crippen LogP contribution is 2.30. The highest BCUT2D eigenvalue weighted by molar-refractivity contribution is 7.80. The number of aliphatic hydroxyl groups is 1. The number of likely N-dealkylation sites (tertiary alicyclic amines) is 1. The lowest BCUT2D eigenvalue weighted by Gasteiger charge is -2.34. The smallest absolute Gasteiger partial charge is 0.393 e. The van der Waals surface area contributed by atoms with E-state index in [0.717, 1.165) is 38.9 Å². The number of hydrogen-bond donors (Lipinski definition) is 4. The Labute approximate surface area is 180 Å². The van der Waals surface area contributed by atoms with Crippen LogP contribution in [0.5, 0.6) is 0 Å². The van der Waals surface area contributed by atoms with Crippen molar-refractivity contribution < 1.29 is 36.8 Å². The predicted octanol–water partition coefficient (Wildman–Crippen LogP) is -1.78. The van der Waals surface area contributed by atoms with Crippen molar-refractivity contribution >= 4 is 22.3 Å². The zero-order chi connectivity index (χ0) is 22.2. The Morgan fingerprint density at radius 2 is 1.94 bits per heavy atom. The van der Waals surface area contributed by atoms with Gasteiger partial charge in [-0.2, -0.15) is 13.5 Å². The lowest BCUT2D eigenvalue weighted by Crippen LogP contribution is -2.50. The molecule has 4 saturated heterocycles. The van der Waals surface area contributed by atoms with Crippen LogP contribution in [0.15, 0.2) is 0 Å². The molecule has 4 rings (SSSR count). The fourth-order valence-corrected chi connectivity index (χ4v) is 5.23. The largest absolute Gasteiger partial charge is 0.418 e. The molecule has 0 aromatic rings. The van der Waals surface area contributed by atoms with Gasteiger partial charge < -0.3 is 15.3 Å². The van der Waals surface area contributed by atoms with Crippen molar-refractivity contribution in [1.29, 1.82) is 0 Å². The van der Waals surface area contributed by atoms with Gasteiger partial charge in [-0.3, -0.25) is 19.1 Å². The van der Waals surface area contributed by atoms with E-state index in [-0.39, 0.29) is 25.3 Å². The fraction of sp³-hybridized carbons (Fsp3) is 0.882. The molecule has 0 aliphatic carbocycles. The van der Waals surface area contributed by atoms with E-state index in [0.29, 0.717) is 23.9 Å². The van der Waals surface area contributed by atoms with E-state index in [1.807, 2.05) is 0 Å². The molecular weight excluding hydrogens is 434 g/mol. The van der Waals surface area contributed by atoms with Crippen molar-refractivity contribution in [1.82, 2.24) is 25.7 Å². The number of piperidine rings is 2. The molecule has 4 aliphatic rings. The number of carbonyl (C=O) groups excluding carboxylic acids is 2. The van der Waals surface area contributed by atoms with Crippen LogP contribution in [0.3, 0.4) is 0 Å². The Bertz CT molecular complexity index is 789. The zero-order valence-electron chi connectivity index (χ0n) is 17.1. The average Bonchev–Trinajstić information content (AvgIpc) is 3.27. The van der Waals surface area contributed by atoms with Crippen LogP contribution in [-0.4, -0.2) is 108 Å². The molecule has 0 aromatic carbocycles. The molecule has 2 unspecified atom stereocenters. The van der Waals surface area contributed by atoms with Gasteiger partial charge in [0.15, 0.2) is 0 Å². The lowest BCUT2D eigenvalue weighted by molar-refractivity contribution is -0.139. The number of aliphatic hydroxyl groups excluding tert-OH is 1. The molecule has 4 heterocycles. The molecule has 4 N–H and O–H groups in total. The molecule has 0 saturated carbocycles. The van der Waals surface area contributed by atoms with Gasteiger partial charge in [0.1, 0.15) is 6.04 Å². The molecular formula is C17H29N5O8S. The molecule has 2 bridgehead atoms. The maximum absolute atomic E-state index is 12.5. The molecule has 3 amide bonds. The van der Waals surface area contributed by atoms with Crippen LogP contribution < -0.4 is 10.8 Å². The molecule has 13 nitrogen and oxygen atoms in total. The zero-order valence-corrected chi connectivity index (χ0v) is 17.9. The Balaban J connectivity index is 1.21. The minimum atomic E-state index is -4.83. The first-order valence-corrected chi connectivity index (χ1v) is 11.9. The molecule has 31 heavy (non-hydrogen) atoms. The van der Waals surface area contributed by atoms with Crippen LogP contribution in [0.25, 0.3) is 0 Å². The Morgan fingerprint density at radius 3 is 2.65 bits per heavy atom. The molecule has 176 valence electrons. The third-order valence-corrected chi connectivity index (χ3v) is 6.82. The molecule has 4 aliphatic heterocycles. The first kappa shape index (κ1) is 22.6. The van der Waals surface area contributed by atoms with Crippen LogP contribution in [0.1, 0.15) is 32.1 Å². The van der Waals surface area contributed by atoms with E-state index in [9.17, 15) is 23.1 Å². The third kappa shape index (κ3) is 5.27. The monoisotopic (exact) mass is 463 g/mol. The number of hydroxylamine groups is 3.